The largest absolute Gasteiger partial charge is 0.416 e. The van der Waals surface area contributed by atoms with Gasteiger partial charge >= 0.3 is 6.18 Å². The van der Waals surface area contributed by atoms with Gasteiger partial charge in [0.1, 0.15) is 0 Å². The maximum Gasteiger partial charge on any atom is 0.416 e. The Morgan fingerprint density at radius 1 is 1.27 bits per heavy atom. The summed E-state index contributed by atoms with van der Waals surface area (Å²) in [4.78, 5) is 0. The third-order valence-corrected chi connectivity index (χ3v) is 2.22. The standard InChI is InChI=1S/C10H10BrF3O/c1-2-15-6-7-3-8(10(12,13)14)5-9(11)4-7/h3-5H,2,6H2,1H3. The third kappa shape index (κ3) is 3.83. The van der Waals surface area contributed by atoms with Crippen molar-refractivity contribution < 1.29 is 17.9 Å². The molecular weight excluding hydrogens is 273 g/mol. The first kappa shape index (κ1) is 12.5. The van der Waals surface area contributed by atoms with Gasteiger partial charge in [-0.2, -0.15) is 13.2 Å². The molecule has 84 valence electrons. The number of benzene rings is 1. The summed E-state index contributed by atoms with van der Waals surface area (Å²) < 4.78 is 42.7. The van der Waals surface area contributed by atoms with Gasteiger partial charge in [0.2, 0.25) is 0 Å². The zero-order chi connectivity index (χ0) is 11.5. The lowest BCUT2D eigenvalue weighted by Crippen LogP contribution is -2.06. The Bertz CT molecular complexity index is 336. The quantitative estimate of drug-likeness (QED) is 0.814. The maximum absolute atomic E-state index is 12.4. The van der Waals surface area contributed by atoms with Crippen LogP contribution in [0.1, 0.15) is 18.1 Å². The molecule has 0 spiro atoms. The third-order valence-electron chi connectivity index (χ3n) is 1.76. The van der Waals surface area contributed by atoms with Crippen LogP contribution in [0.4, 0.5) is 13.2 Å². The van der Waals surface area contributed by atoms with E-state index in [0.29, 0.717) is 16.6 Å². The Hall–Kier alpha value is -0.550. The van der Waals surface area contributed by atoms with Gasteiger partial charge in [-0.15, -0.1) is 0 Å². The molecule has 1 aromatic carbocycles. The smallest absolute Gasteiger partial charge is 0.377 e. The molecule has 0 radical (unpaired) electrons. The normalized spacial score (nSPS) is 11.8. The fraction of sp³-hybridized carbons (Fsp3) is 0.400. The van der Waals surface area contributed by atoms with Gasteiger partial charge in [0, 0.05) is 11.1 Å². The molecule has 0 atom stereocenters. The molecule has 5 heteroatoms. The zero-order valence-corrected chi connectivity index (χ0v) is 9.65. The Balaban J connectivity index is 2.95. The Kier molecular flexibility index (Phi) is 4.16. The van der Waals surface area contributed by atoms with Gasteiger partial charge in [-0.05, 0) is 30.7 Å². The second-order valence-corrected chi connectivity index (χ2v) is 3.90. The Morgan fingerprint density at radius 3 is 2.47 bits per heavy atom. The summed E-state index contributed by atoms with van der Waals surface area (Å²) in [5.41, 5.74) is -0.148. The number of hydrogen-bond acceptors (Lipinski definition) is 1. The molecule has 0 saturated heterocycles. The van der Waals surface area contributed by atoms with Crippen molar-refractivity contribution in [3.8, 4) is 0 Å². The fourth-order valence-electron chi connectivity index (χ4n) is 1.12. The maximum atomic E-state index is 12.4. The minimum atomic E-state index is -4.31. The van der Waals surface area contributed by atoms with Crippen LogP contribution in [-0.4, -0.2) is 6.61 Å². The molecular formula is C10H10BrF3O. The summed E-state index contributed by atoms with van der Waals surface area (Å²) in [7, 11) is 0. The molecule has 1 rings (SSSR count). The van der Waals surface area contributed by atoms with E-state index in [0.717, 1.165) is 12.1 Å². The molecule has 0 N–H and O–H groups in total. The molecule has 0 heterocycles. The lowest BCUT2D eigenvalue weighted by molar-refractivity contribution is -0.137. The van der Waals surface area contributed by atoms with E-state index in [1.165, 1.54) is 0 Å². The predicted molar refractivity (Wildman–Crippen MR) is 54.5 cm³/mol. The van der Waals surface area contributed by atoms with Crippen LogP contribution in [0, 0.1) is 0 Å². The second-order valence-electron chi connectivity index (χ2n) is 2.98. The number of alkyl halides is 3. The highest BCUT2D eigenvalue weighted by Gasteiger charge is 2.30. The van der Waals surface area contributed by atoms with Gasteiger partial charge in [0.05, 0.1) is 12.2 Å². The minimum absolute atomic E-state index is 0.193. The van der Waals surface area contributed by atoms with Crippen LogP contribution < -0.4 is 0 Å². The monoisotopic (exact) mass is 282 g/mol. The lowest BCUT2D eigenvalue weighted by Gasteiger charge is -2.09. The van der Waals surface area contributed by atoms with E-state index in [9.17, 15) is 13.2 Å². The van der Waals surface area contributed by atoms with E-state index >= 15 is 0 Å². The first-order chi connectivity index (χ1) is 6.93. The average molecular weight is 283 g/mol. The topological polar surface area (TPSA) is 9.23 Å². The summed E-state index contributed by atoms with van der Waals surface area (Å²) in [5, 5.41) is 0. The summed E-state index contributed by atoms with van der Waals surface area (Å²) >= 11 is 3.04. The number of rotatable bonds is 3. The molecule has 0 bridgehead atoms. The van der Waals surface area contributed by atoms with E-state index in [1.54, 1.807) is 13.0 Å². The van der Waals surface area contributed by atoms with Crippen molar-refractivity contribution in [2.75, 3.05) is 6.61 Å². The van der Waals surface area contributed by atoms with E-state index in [-0.39, 0.29) is 6.61 Å². The first-order valence-corrected chi connectivity index (χ1v) is 5.17. The van der Waals surface area contributed by atoms with Crippen LogP contribution in [0.15, 0.2) is 22.7 Å². The van der Waals surface area contributed by atoms with Crippen molar-refractivity contribution in [2.24, 2.45) is 0 Å². The average Bonchev–Trinajstić information content (AvgIpc) is 2.12. The Morgan fingerprint density at radius 2 is 1.93 bits per heavy atom. The SMILES string of the molecule is CCOCc1cc(Br)cc(C(F)(F)F)c1. The fourth-order valence-corrected chi connectivity index (χ4v) is 1.66. The molecule has 0 aliphatic carbocycles. The molecule has 1 aromatic rings. The van der Waals surface area contributed by atoms with E-state index in [1.807, 2.05) is 0 Å². The van der Waals surface area contributed by atoms with Crippen LogP contribution in [-0.2, 0) is 17.5 Å². The van der Waals surface area contributed by atoms with Crippen LogP contribution in [0.5, 0.6) is 0 Å². The van der Waals surface area contributed by atoms with Crippen molar-refractivity contribution in [3.63, 3.8) is 0 Å². The summed E-state index contributed by atoms with van der Waals surface area (Å²) in [6.45, 7) is 2.47. The molecule has 0 aliphatic heterocycles. The van der Waals surface area contributed by atoms with Crippen LogP contribution in [0.2, 0.25) is 0 Å². The highest BCUT2D eigenvalue weighted by Crippen LogP contribution is 2.32. The second kappa shape index (κ2) is 4.99. The van der Waals surface area contributed by atoms with Crippen molar-refractivity contribution in [1.29, 1.82) is 0 Å². The van der Waals surface area contributed by atoms with Crippen LogP contribution in [0.25, 0.3) is 0 Å². The van der Waals surface area contributed by atoms with Gasteiger partial charge in [-0.3, -0.25) is 0 Å². The number of hydrogen-bond donors (Lipinski definition) is 0. The lowest BCUT2D eigenvalue weighted by atomic mass is 10.1. The first-order valence-electron chi connectivity index (χ1n) is 4.38. The van der Waals surface area contributed by atoms with E-state index in [2.05, 4.69) is 15.9 Å². The highest BCUT2D eigenvalue weighted by molar-refractivity contribution is 9.10. The minimum Gasteiger partial charge on any atom is -0.377 e. The van der Waals surface area contributed by atoms with E-state index in [4.69, 9.17) is 4.74 Å². The number of ether oxygens (including phenoxy) is 1. The molecule has 1 nitrogen and oxygen atoms in total. The van der Waals surface area contributed by atoms with Crippen LogP contribution in [0.3, 0.4) is 0 Å². The highest BCUT2D eigenvalue weighted by atomic mass is 79.9. The van der Waals surface area contributed by atoms with Gasteiger partial charge in [0.15, 0.2) is 0 Å². The predicted octanol–water partition coefficient (Wildman–Crippen LogP) is 4.00. The molecule has 0 amide bonds. The van der Waals surface area contributed by atoms with Gasteiger partial charge < -0.3 is 4.74 Å². The molecule has 0 aromatic heterocycles. The molecule has 0 unspecified atom stereocenters. The molecule has 0 saturated carbocycles. The van der Waals surface area contributed by atoms with Crippen molar-refractivity contribution in [2.45, 2.75) is 19.7 Å². The molecule has 0 fully saturated rings. The summed E-state index contributed by atoms with van der Waals surface area (Å²) in [6.07, 6.45) is -4.31. The number of halogens is 4. The van der Waals surface area contributed by atoms with Gasteiger partial charge in [-0.25, -0.2) is 0 Å². The van der Waals surface area contributed by atoms with Crippen molar-refractivity contribution >= 4 is 15.9 Å². The van der Waals surface area contributed by atoms with Crippen molar-refractivity contribution in [3.05, 3.63) is 33.8 Å². The van der Waals surface area contributed by atoms with Crippen LogP contribution >= 0.6 is 15.9 Å². The molecule has 0 aliphatic rings. The van der Waals surface area contributed by atoms with Gasteiger partial charge in [0.25, 0.3) is 0 Å². The van der Waals surface area contributed by atoms with Gasteiger partial charge in [-0.1, -0.05) is 15.9 Å². The Labute approximate surface area is 94.4 Å². The molecule has 15 heavy (non-hydrogen) atoms. The van der Waals surface area contributed by atoms with E-state index < -0.39 is 11.7 Å². The summed E-state index contributed by atoms with van der Waals surface area (Å²) in [5.74, 6) is 0. The summed E-state index contributed by atoms with van der Waals surface area (Å²) in [6, 6.07) is 3.76. The zero-order valence-electron chi connectivity index (χ0n) is 8.07. The van der Waals surface area contributed by atoms with Crippen molar-refractivity contribution in [1.82, 2.24) is 0 Å².